The van der Waals surface area contributed by atoms with Crippen molar-refractivity contribution in [1.82, 2.24) is 9.97 Å². The zero-order valence-corrected chi connectivity index (χ0v) is 15.9. The fourth-order valence-electron chi connectivity index (χ4n) is 2.09. The van der Waals surface area contributed by atoms with Crippen molar-refractivity contribution in [3.8, 4) is 5.75 Å². The first kappa shape index (κ1) is 20.1. The number of halogens is 1. The number of pyridine rings is 2. The zero-order valence-electron chi connectivity index (χ0n) is 13.4. The minimum atomic E-state index is 0. The summed E-state index contributed by atoms with van der Waals surface area (Å²) in [6, 6.07) is 19.5. The summed E-state index contributed by atoms with van der Waals surface area (Å²) in [5.41, 5.74) is 0.980. The fourth-order valence-corrected chi connectivity index (χ4v) is 2.09. The van der Waals surface area contributed by atoms with E-state index in [1.54, 1.807) is 19.5 Å². The van der Waals surface area contributed by atoms with Crippen molar-refractivity contribution in [2.75, 3.05) is 12.0 Å². The minimum absolute atomic E-state index is 0. The van der Waals surface area contributed by atoms with E-state index in [0.717, 1.165) is 23.1 Å². The van der Waals surface area contributed by atoms with Gasteiger partial charge in [0.05, 0.1) is 7.11 Å². The second-order valence-corrected chi connectivity index (χ2v) is 4.41. The van der Waals surface area contributed by atoms with Gasteiger partial charge in [-0.1, -0.05) is 12.1 Å². The van der Waals surface area contributed by atoms with Crippen molar-refractivity contribution >= 4 is 27.0 Å². The van der Waals surface area contributed by atoms with Gasteiger partial charge in [0.1, 0.15) is 17.4 Å². The van der Waals surface area contributed by atoms with Crippen LogP contribution in [0.5, 0.6) is 5.75 Å². The van der Waals surface area contributed by atoms with Crippen LogP contribution in [-0.2, 0) is 17.3 Å². The molecule has 0 unspecified atom stereocenters. The normalized spacial score (nSPS) is 9.12. The number of anilines is 3. The van der Waals surface area contributed by atoms with Crippen molar-refractivity contribution < 1.29 is 22.0 Å². The average Bonchev–Trinajstić information content (AvgIpc) is 2.66. The van der Waals surface area contributed by atoms with E-state index in [9.17, 15) is 0 Å². The first-order valence-corrected chi connectivity index (χ1v) is 9.02. The Kier molecular flexibility index (Phi) is 8.99. The Morgan fingerprint density at radius 2 is 1.33 bits per heavy atom. The van der Waals surface area contributed by atoms with Crippen LogP contribution in [0, 0.1) is 7.43 Å². The van der Waals surface area contributed by atoms with E-state index in [4.69, 9.17) is 4.74 Å². The predicted octanol–water partition coefficient (Wildman–Crippen LogP) is 5.09. The number of methoxy groups -OCH3 is 1. The molecule has 0 bridgehead atoms. The summed E-state index contributed by atoms with van der Waals surface area (Å²) in [4.78, 5) is 10.9. The summed E-state index contributed by atoms with van der Waals surface area (Å²) in [5.74, 6) is 2.46. The quantitative estimate of drug-likeness (QED) is 0.428. The molecule has 1 aromatic carbocycles. The van der Waals surface area contributed by atoms with Crippen molar-refractivity contribution in [2.45, 2.75) is 0 Å². The van der Waals surface area contributed by atoms with Gasteiger partial charge < -0.3 is 12.2 Å². The van der Waals surface area contributed by atoms with E-state index in [2.05, 4.69) is 19.7 Å². The van der Waals surface area contributed by atoms with Gasteiger partial charge in [0, 0.05) is 18.1 Å². The molecule has 0 atom stereocenters. The number of hydrogen-bond donors (Lipinski definition) is 0. The first-order chi connectivity index (χ1) is 11.4. The molecule has 6 heteroatoms. The van der Waals surface area contributed by atoms with Crippen molar-refractivity contribution in [3.63, 3.8) is 0 Å². The summed E-state index contributed by atoms with van der Waals surface area (Å²) in [5, 5.41) is 0. The third kappa shape index (κ3) is 5.02. The monoisotopic (exact) mass is 429 g/mol. The van der Waals surface area contributed by atoms with Crippen molar-refractivity contribution in [3.05, 3.63) is 80.5 Å². The molecule has 4 nitrogen and oxygen atoms in total. The van der Waals surface area contributed by atoms with Crippen LogP contribution in [0.25, 0.3) is 0 Å². The molecule has 0 aliphatic carbocycles. The molecule has 0 amide bonds. The van der Waals surface area contributed by atoms with Crippen LogP contribution < -0.4 is 9.64 Å². The van der Waals surface area contributed by atoms with Crippen molar-refractivity contribution in [1.29, 1.82) is 0 Å². The Morgan fingerprint density at radius 3 is 1.71 bits per heavy atom. The number of ether oxygens (including phenoxy) is 1. The number of nitrogens with zero attached hydrogens (tertiary/aromatic N) is 3. The summed E-state index contributed by atoms with van der Waals surface area (Å²) in [7, 11) is 6.23. The molecule has 3 rings (SSSR count). The molecule has 24 heavy (non-hydrogen) atoms. The Labute approximate surface area is 157 Å². The van der Waals surface area contributed by atoms with E-state index in [-0.39, 0.29) is 7.43 Å². The van der Waals surface area contributed by atoms with E-state index >= 15 is 0 Å². The third-order valence-electron chi connectivity index (χ3n) is 3.09. The molecule has 2 heterocycles. The summed E-state index contributed by atoms with van der Waals surface area (Å²) >= 11 is 1.82. The Balaban J connectivity index is 0.000000925. The maximum atomic E-state index is 5.21. The number of aromatic nitrogens is 2. The Hall–Kier alpha value is -1.97. The molecule has 0 spiro atoms. The number of benzene rings is 1. The molecule has 2 aromatic heterocycles. The molecule has 0 saturated heterocycles. The maximum absolute atomic E-state index is 5.21. The van der Waals surface area contributed by atoms with Crippen LogP contribution in [0.3, 0.4) is 0 Å². The third-order valence-corrected chi connectivity index (χ3v) is 3.09. The van der Waals surface area contributed by atoms with Gasteiger partial charge in [-0.15, -0.1) is 0 Å². The summed E-state index contributed by atoms with van der Waals surface area (Å²) in [6.07, 6.45) is 3.55. The van der Waals surface area contributed by atoms with Crippen LogP contribution in [0.15, 0.2) is 73.1 Å². The molecule has 0 radical (unpaired) electrons. The van der Waals surface area contributed by atoms with Gasteiger partial charge in [-0.3, -0.25) is 4.90 Å². The second-order valence-electron chi connectivity index (χ2n) is 4.41. The van der Waals surface area contributed by atoms with E-state index in [0.29, 0.717) is 0 Å². The van der Waals surface area contributed by atoms with E-state index < -0.39 is 0 Å². The number of hydrogen-bond acceptors (Lipinski definition) is 4. The fraction of sp³-hybridized carbons (Fsp3) is 0.0556. The molecular formula is C18H18ClN3ORu. The standard InChI is InChI=1S/C17H15N3O.CH3.ClH.Ru/c1-21-15-10-8-14(9-11-15)20(16-6-2-4-12-18-16)17-7-3-5-13-19-17;;;/h2-13H,1H3;1H3;1H;/q;-1;;+2/p-1. The van der Waals surface area contributed by atoms with Crippen LogP contribution in [-0.4, -0.2) is 17.1 Å². The molecular weight excluding hydrogens is 411 g/mol. The Bertz CT molecular complexity index is 657. The molecule has 0 aliphatic rings. The molecule has 3 aromatic rings. The number of rotatable bonds is 4. The molecule has 0 saturated carbocycles. The molecule has 0 N–H and O–H groups in total. The zero-order chi connectivity index (χ0) is 16.5. The molecule has 126 valence electrons. The van der Waals surface area contributed by atoms with E-state index in [1.165, 1.54) is 0 Å². The van der Waals surface area contributed by atoms with Gasteiger partial charge >= 0.3 is 27.0 Å². The van der Waals surface area contributed by atoms with Gasteiger partial charge in [-0.2, -0.15) is 0 Å². The SMILES string of the molecule is COc1ccc(N(c2ccccn2)c2ccccn2)cc1.[CH3-].[Cl][Ru+]. The first-order valence-electron chi connectivity index (χ1n) is 6.78. The van der Waals surface area contributed by atoms with Gasteiger partial charge in [0.15, 0.2) is 0 Å². The van der Waals surface area contributed by atoms with Crippen LogP contribution >= 0.6 is 9.69 Å². The van der Waals surface area contributed by atoms with Gasteiger partial charge in [0.2, 0.25) is 0 Å². The van der Waals surface area contributed by atoms with E-state index in [1.807, 2.05) is 82.9 Å². The molecule has 0 fully saturated rings. The van der Waals surface area contributed by atoms with Crippen molar-refractivity contribution in [2.24, 2.45) is 0 Å². The van der Waals surface area contributed by atoms with Crippen LogP contribution in [0.4, 0.5) is 17.3 Å². The predicted molar refractivity (Wildman–Crippen MR) is 95.5 cm³/mol. The average molecular weight is 429 g/mol. The van der Waals surface area contributed by atoms with Crippen LogP contribution in [0.2, 0.25) is 0 Å². The topological polar surface area (TPSA) is 38.2 Å². The Morgan fingerprint density at radius 1 is 0.833 bits per heavy atom. The second kappa shape index (κ2) is 10.7. The van der Waals surface area contributed by atoms with Crippen LogP contribution in [0.1, 0.15) is 0 Å². The summed E-state index contributed by atoms with van der Waals surface area (Å²) in [6.45, 7) is 0. The van der Waals surface area contributed by atoms with Gasteiger partial charge in [-0.05, 0) is 48.5 Å². The van der Waals surface area contributed by atoms with Gasteiger partial charge in [0.25, 0.3) is 0 Å². The van der Waals surface area contributed by atoms with Gasteiger partial charge in [-0.25, -0.2) is 9.97 Å². The molecule has 0 aliphatic heterocycles. The summed E-state index contributed by atoms with van der Waals surface area (Å²) < 4.78 is 5.21.